The second-order valence-corrected chi connectivity index (χ2v) is 4.26. The Balaban J connectivity index is 2.20. The first kappa shape index (κ1) is 13.8. The lowest BCUT2D eigenvalue weighted by molar-refractivity contribution is -0.384. The molecule has 0 fully saturated rings. The molecule has 0 unspecified atom stereocenters. The fraction of sp³-hybridized carbons (Fsp3) is 0.214. The first-order chi connectivity index (χ1) is 9.47. The standard InChI is InChI=1S/C14H13NO5/c1-9(19-10(2)16)13-7-8-14(20-13)11-3-5-12(6-4-11)15(17)18/h3-9H,1-2H3/t9-/m1/s1. The van der Waals surface area contributed by atoms with E-state index < -0.39 is 11.0 Å². The van der Waals surface area contributed by atoms with Gasteiger partial charge < -0.3 is 9.15 Å². The molecule has 0 saturated heterocycles. The molecule has 104 valence electrons. The second kappa shape index (κ2) is 5.56. The lowest BCUT2D eigenvalue weighted by atomic mass is 10.1. The number of ether oxygens (including phenoxy) is 1. The molecular weight excluding hydrogens is 262 g/mol. The molecule has 2 aromatic rings. The fourth-order valence-electron chi connectivity index (χ4n) is 1.78. The van der Waals surface area contributed by atoms with Crippen molar-refractivity contribution in [2.45, 2.75) is 20.0 Å². The largest absolute Gasteiger partial charge is 0.457 e. The van der Waals surface area contributed by atoms with Crippen LogP contribution in [0, 0.1) is 10.1 Å². The van der Waals surface area contributed by atoms with Crippen molar-refractivity contribution < 1.29 is 18.9 Å². The van der Waals surface area contributed by atoms with Gasteiger partial charge in [0.1, 0.15) is 11.5 Å². The van der Waals surface area contributed by atoms with E-state index in [-0.39, 0.29) is 11.7 Å². The van der Waals surface area contributed by atoms with Gasteiger partial charge in [-0.25, -0.2) is 0 Å². The highest BCUT2D eigenvalue weighted by atomic mass is 16.6. The van der Waals surface area contributed by atoms with E-state index in [0.29, 0.717) is 11.5 Å². The van der Waals surface area contributed by atoms with E-state index in [1.54, 1.807) is 31.2 Å². The van der Waals surface area contributed by atoms with Gasteiger partial charge in [-0.1, -0.05) is 0 Å². The van der Waals surface area contributed by atoms with Gasteiger partial charge in [0.2, 0.25) is 0 Å². The maximum Gasteiger partial charge on any atom is 0.303 e. The van der Waals surface area contributed by atoms with Gasteiger partial charge in [-0.05, 0) is 31.2 Å². The molecule has 0 aliphatic heterocycles. The molecule has 0 spiro atoms. The number of furan rings is 1. The van der Waals surface area contributed by atoms with Crippen LogP contribution in [0.5, 0.6) is 0 Å². The van der Waals surface area contributed by atoms with E-state index in [1.807, 2.05) is 0 Å². The van der Waals surface area contributed by atoms with E-state index in [0.717, 1.165) is 5.56 Å². The van der Waals surface area contributed by atoms with Gasteiger partial charge in [-0.15, -0.1) is 0 Å². The lowest BCUT2D eigenvalue weighted by Crippen LogP contribution is -2.03. The molecule has 20 heavy (non-hydrogen) atoms. The van der Waals surface area contributed by atoms with Crippen molar-refractivity contribution in [2.75, 3.05) is 0 Å². The highest BCUT2D eigenvalue weighted by molar-refractivity contribution is 5.66. The summed E-state index contributed by atoms with van der Waals surface area (Å²) in [7, 11) is 0. The third-order valence-electron chi connectivity index (χ3n) is 2.73. The van der Waals surface area contributed by atoms with Crippen LogP contribution in [0.1, 0.15) is 25.7 Å². The molecule has 0 aliphatic carbocycles. The van der Waals surface area contributed by atoms with Gasteiger partial charge in [0.05, 0.1) is 4.92 Å². The Kier molecular flexibility index (Phi) is 3.84. The Morgan fingerprint density at radius 2 is 1.90 bits per heavy atom. The van der Waals surface area contributed by atoms with Gasteiger partial charge in [0, 0.05) is 24.6 Å². The van der Waals surface area contributed by atoms with Crippen LogP contribution in [-0.4, -0.2) is 10.9 Å². The molecule has 1 heterocycles. The first-order valence-corrected chi connectivity index (χ1v) is 5.99. The molecule has 1 aromatic heterocycles. The molecule has 2 rings (SSSR count). The zero-order chi connectivity index (χ0) is 14.7. The van der Waals surface area contributed by atoms with Crippen LogP contribution in [0.3, 0.4) is 0 Å². The van der Waals surface area contributed by atoms with Crippen LogP contribution in [0.15, 0.2) is 40.8 Å². The molecular formula is C14H13NO5. The number of hydrogen-bond donors (Lipinski definition) is 0. The minimum Gasteiger partial charge on any atom is -0.457 e. The summed E-state index contributed by atoms with van der Waals surface area (Å²) in [5.74, 6) is 0.702. The van der Waals surface area contributed by atoms with Crippen molar-refractivity contribution in [3.8, 4) is 11.3 Å². The normalized spacial score (nSPS) is 11.9. The maximum absolute atomic E-state index is 10.9. The second-order valence-electron chi connectivity index (χ2n) is 4.26. The number of esters is 1. The number of nitrogens with zero attached hydrogens (tertiary/aromatic N) is 1. The molecule has 1 atom stereocenters. The van der Waals surface area contributed by atoms with E-state index in [2.05, 4.69) is 0 Å². The van der Waals surface area contributed by atoms with Crippen molar-refractivity contribution in [1.82, 2.24) is 0 Å². The monoisotopic (exact) mass is 275 g/mol. The van der Waals surface area contributed by atoms with Crippen molar-refractivity contribution in [3.63, 3.8) is 0 Å². The number of benzene rings is 1. The summed E-state index contributed by atoms with van der Waals surface area (Å²) < 4.78 is 10.6. The van der Waals surface area contributed by atoms with Crippen molar-refractivity contribution in [2.24, 2.45) is 0 Å². The molecule has 1 aromatic carbocycles. The van der Waals surface area contributed by atoms with Crippen molar-refractivity contribution in [1.29, 1.82) is 0 Å². The number of rotatable bonds is 4. The quantitative estimate of drug-likeness (QED) is 0.484. The Labute approximate surface area is 115 Å². The van der Waals surface area contributed by atoms with Gasteiger partial charge in [-0.3, -0.25) is 14.9 Å². The lowest BCUT2D eigenvalue weighted by Gasteiger charge is -2.08. The topological polar surface area (TPSA) is 82.6 Å². The van der Waals surface area contributed by atoms with Gasteiger partial charge in [-0.2, -0.15) is 0 Å². The third-order valence-corrected chi connectivity index (χ3v) is 2.73. The average molecular weight is 275 g/mol. The molecule has 0 N–H and O–H groups in total. The average Bonchev–Trinajstić information content (AvgIpc) is 2.87. The van der Waals surface area contributed by atoms with Gasteiger partial charge in [0.25, 0.3) is 5.69 Å². The molecule has 0 radical (unpaired) electrons. The Morgan fingerprint density at radius 1 is 1.25 bits per heavy atom. The highest BCUT2D eigenvalue weighted by Crippen LogP contribution is 2.28. The third kappa shape index (κ3) is 3.03. The minimum atomic E-state index is -0.473. The Bertz CT molecular complexity index is 629. The molecule has 0 saturated carbocycles. The summed E-state index contributed by atoms with van der Waals surface area (Å²) in [6.07, 6.45) is -0.473. The van der Waals surface area contributed by atoms with E-state index in [4.69, 9.17) is 9.15 Å². The van der Waals surface area contributed by atoms with Crippen molar-refractivity contribution in [3.05, 3.63) is 52.3 Å². The molecule has 6 heteroatoms. The summed E-state index contributed by atoms with van der Waals surface area (Å²) >= 11 is 0. The number of carbonyl (C=O) groups is 1. The van der Waals surface area contributed by atoms with Gasteiger partial charge >= 0.3 is 5.97 Å². The summed E-state index contributed by atoms with van der Waals surface area (Å²) in [4.78, 5) is 21.0. The predicted molar refractivity (Wildman–Crippen MR) is 71.0 cm³/mol. The number of nitro groups is 1. The molecule has 6 nitrogen and oxygen atoms in total. The summed E-state index contributed by atoms with van der Waals surface area (Å²) in [5.41, 5.74) is 0.741. The van der Waals surface area contributed by atoms with Gasteiger partial charge in [0.15, 0.2) is 6.10 Å². The smallest absolute Gasteiger partial charge is 0.303 e. The predicted octanol–water partition coefficient (Wildman–Crippen LogP) is 3.48. The van der Waals surface area contributed by atoms with Crippen LogP contribution in [0.4, 0.5) is 5.69 Å². The zero-order valence-electron chi connectivity index (χ0n) is 11.0. The van der Waals surface area contributed by atoms with Crippen LogP contribution >= 0.6 is 0 Å². The Morgan fingerprint density at radius 3 is 2.45 bits per heavy atom. The maximum atomic E-state index is 10.9. The number of hydrogen-bond acceptors (Lipinski definition) is 5. The molecule has 0 aliphatic rings. The summed E-state index contributed by atoms with van der Waals surface area (Å²) in [5, 5.41) is 10.6. The van der Waals surface area contributed by atoms with Crippen molar-refractivity contribution >= 4 is 11.7 Å². The van der Waals surface area contributed by atoms with E-state index in [9.17, 15) is 14.9 Å². The SMILES string of the molecule is CC(=O)O[C@H](C)c1ccc(-c2ccc([N+](=O)[O-])cc2)o1. The highest BCUT2D eigenvalue weighted by Gasteiger charge is 2.14. The Hall–Kier alpha value is -2.63. The minimum absolute atomic E-state index is 0.0220. The van der Waals surface area contributed by atoms with Crippen LogP contribution in [0.2, 0.25) is 0 Å². The number of nitro benzene ring substituents is 1. The van der Waals surface area contributed by atoms with Crippen LogP contribution in [0.25, 0.3) is 11.3 Å². The van der Waals surface area contributed by atoms with Crippen LogP contribution in [-0.2, 0) is 9.53 Å². The zero-order valence-corrected chi connectivity index (χ0v) is 11.0. The number of non-ortho nitro benzene ring substituents is 1. The first-order valence-electron chi connectivity index (χ1n) is 5.99. The van der Waals surface area contributed by atoms with E-state index >= 15 is 0 Å². The summed E-state index contributed by atoms with van der Waals surface area (Å²) in [6, 6.07) is 9.48. The molecule has 0 amide bonds. The molecule has 0 bridgehead atoms. The fourth-order valence-corrected chi connectivity index (χ4v) is 1.78. The summed E-state index contributed by atoms with van der Waals surface area (Å²) in [6.45, 7) is 3.04. The van der Waals surface area contributed by atoms with Crippen LogP contribution < -0.4 is 0 Å². The number of carbonyl (C=O) groups excluding carboxylic acids is 1. The van der Waals surface area contributed by atoms with E-state index in [1.165, 1.54) is 19.1 Å².